The van der Waals surface area contributed by atoms with E-state index in [-0.39, 0.29) is 26.4 Å². The van der Waals surface area contributed by atoms with Crippen molar-refractivity contribution >= 4 is 15.6 Å². The molecule has 0 aromatic carbocycles. The topological polar surface area (TPSA) is 217 Å². The number of aliphatic hydroxyl groups excluding tert-OH is 4. The molecule has 0 fully saturated rings. The van der Waals surface area contributed by atoms with Crippen molar-refractivity contribution in [2.24, 2.45) is 0 Å². The number of likely N-dealkylation sites (N-methyl/N-ethyl adjacent to an activating group) is 4. The molecule has 17 heteroatoms. The van der Waals surface area contributed by atoms with Gasteiger partial charge < -0.3 is 71.4 Å². The number of hydrogen-bond donors (Lipinski definition) is 4. The summed E-state index contributed by atoms with van der Waals surface area (Å²) in [5.41, 5.74) is 0. The van der Waals surface area contributed by atoms with Crippen LogP contribution in [0.4, 0.5) is 0 Å². The molecular weight excluding hydrogens is 534 g/mol. The number of rotatable bonds is 10. The smallest absolute Gasteiger partial charge is 0.101 e. The van der Waals surface area contributed by atoms with Gasteiger partial charge in [0.05, 0.1) is 127 Å². The molecule has 0 aliphatic heterocycles. The lowest BCUT2D eigenvalue weighted by Gasteiger charge is -2.39. The molecule has 0 atom stereocenters. The third-order valence-electron chi connectivity index (χ3n) is 3.28. The average molecular weight is 591 g/mol. The van der Waals surface area contributed by atoms with Crippen LogP contribution in [0.15, 0.2) is 0 Å². The minimum Gasteiger partial charge on any atom is -0.790 e. The van der Waals surface area contributed by atoms with Gasteiger partial charge in [0.25, 0.3) is 0 Å². The van der Waals surface area contributed by atoms with Crippen LogP contribution in [0.3, 0.4) is 0 Å². The van der Waals surface area contributed by atoms with Crippen molar-refractivity contribution < 1.29 is 71.4 Å². The summed E-state index contributed by atoms with van der Waals surface area (Å²) in [7, 11) is 13.3. The highest BCUT2D eigenvalue weighted by Crippen LogP contribution is 2.42. The molecule has 0 aliphatic rings. The van der Waals surface area contributed by atoms with E-state index in [2.05, 4.69) is 88.9 Å². The van der Waals surface area contributed by atoms with Crippen LogP contribution in [0.5, 0.6) is 0 Å². The molecule has 0 aliphatic carbocycles. The molecule has 15 nitrogen and oxygen atoms in total. The van der Waals surface area contributed by atoms with Gasteiger partial charge in [-0.15, -0.1) is 0 Å². The molecule has 4 N–H and O–H groups in total. The first-order valence-electron chi connectivity index (χ1n) is 11.4. The summed E-state index contributed by atoms with van der Waals surface area (Å²) in [5.74, 6) is 0. The van der Waals surface area contributed by atoms with Crippen LogP contribution in [0, 0.1) is 0 Å². The molecule has 0 radical (unpaired) electrons. The molecule has 0 spiro atoms. The van der Waals surface area contributed by atoms with E-state index in [0.717, 1.165) is 44.1 Å². The molecule has 0 rings (SSSR count). The Labute approximate surface area is 224 Å². The third-order valence-corrected chi connectivity index (χ3v) is 4.88. The maximum atomic E-state index is 9.32. The van der Waals surface area contributed by atoms with Crippen molar-refractivity contribution in [3.63, 3.8) is 0 Å². The lowest BCUT2D eigenvalue weighted by Crippen LogP contribution is -2.36. The maximum absolute atomic E-state index is 9.32. The minimum atomic E-state index is -5.68. The van der Waals surface area contributed by atoms with E-state index in [9.17, 15) is 28.7 Å². The van der Waals surface area contributed by atoms with Crippen molar-refractivity contribution in [1.82, 2.24) is 0 Å². The summed E-state index contributed by atoms with van der Waals surface area (Å²) in [6.07, 6.45) is 0. The molecule has 0 bridgehead atoms. The van der Waals surface area contributed by atoms with E-state index >= 15 is 0 Å². The average Bonchev–Trinajstić information content (AvgIpc) is 2.48. The predicted octanol–water partition coefficient (Wildman–Crippen LogP) is -4.60. The Hall–Kier alpha value is -0.0600. The van der Waals surface area contributed by atoms with Crippen LogP contribution in [0.1, 0.15) is 0 Å². The third kappa shape index (κ3) is 86.0. The second-order valence-corrected chi connectivity index (χ2v) is 14.4. The fraction of sp³-hybridized carbons (Fsp3) is 1.00. The summed E-state index contributed by atoms with van der Waals surface area (Å²) in [6, 6.07) is 0. The quantitative estimate of drug-likeness (QED) is 0.140. The first-order chi connectivity index (χ1) is 15.9. The van der Waals surface area contributed by atoms with Gasteiger partial charge >= 0.3 is 0 Å². The van der Waals surface area contributed by atoms with Crippen LogP contribution < -0.4 is 19.6 Å². The normalized spacial score (nSPS) is 12.4. The van der Waals surface area contributed by atoms with Gasteiger partial charge in [0, 0.05) is 0 Å². The number of hydrogen-bond acceptors (Lipinski definition) is 11. The highest BCUT2D eigenvalue weighted by atomic mass is 31.3. The second-order valence-electron chi connectivity index (χ2n) is 11.9. The van der Waals surface area contributed by atoms with Gasteiger partial charge in [-0.25, -0.2) is 0 Å². The van der Waals surface area contributed by atoms with Crippen LogP contribution in [-0.4, -0.2) is 176 Å². The van der Waals surface area contributed by atoms with Crippen molar-refractivity contribution in [2.45, 2.75) is 0 Å². The zero-order valence-corrected chi connectivity index (χ0v) is 26.8. The monoisotopic (exact) mass is 590 g/mol. The Morgan fingerprint density at radius 1 is 0.459 bits per heavy atom. The Kier molecular flexibility index (Phi) is 27.5. The van der Waals surface area contributed by atoms with E-state index in [1.165, 1.54) is 0 Å². The molecule has 0 unspecified atom stereocenters. The number of aliphatic hydroxyl groups is 4. The Balaban J connectivity index is -0.000000116. The van der Waals surface area contributed by atoms with Crippen LogP contribution >= 0.6 is 15.6 Å². The summed E-state index contributed by atoms with van der Waals surface area (Å²) >= 11 is 0. The van der Waals surface area contributed by atoms with E-state index < -0.39 is 15.6 Å². The van der Waals surface area contributed by atoms with Gasteiger partial charge in [-0.2, -0.15) is 0 Å². The predicted molar refractivity (Wildman–Crippen MR) is 136 cm³/mol. The van der Waals surface area contributed by atoms with Crippen LogP contribution in [-0.2, 0) is 13.4 Å². The summed E-state index contributed by atoms with van der Waals surface area (Å²) < 4.78 is 24.5. The zero-order valence-electron chi connectivity index (χ0n) is 25.0. The molecule has 0 aromatic rings. The molecule has 37 heavy (non-hydrogen) atoms. The number of nitrogens with zero attached hydrogens (tertiary/aromatic N) is 4. The van der Waals surface area contributed by atoms with Crippen LogP contribution in [0.25, 0.3) is 0 Å². The van der Waals surface area contributed by atoms with E-state index in [0.29, 0.717) is 0 Å². The summed E-state index contributed by atoms with van der Waals surface area (Å²) in [5, 5.41) is 33.5. The highest BCUT2D eigenvalue weighted by molar-refractivity contribution is 7.57. The lowest BCUT2D eigenvalue weighted by atomic mass is 10.5. The summed E-state index contributed by atoms with van der Waals surface area (Å²) in [4.78, 5) is 37.3. The standard InChI is InChI=1S/4C5H14NO.H4O7P2/c4*1-6(2,3)4-5-7;1-8(2,3)7-9(4,5)6/h4*7H,4-5H2,1-3H3;(H2,1,2,3)(H2,4,5,6)/q4*+1;/p-4. The summed E-state index contributed by atoms with van der Waals surface area (Å²) in [6.45, 7) is 4.46. The Bertz CT molecular complexity index is 519. The van der Waals surface area contributed by atoms with Crippen molar-refractivity contribution in [2.75, 3.05) is 137 Å². The molecule has 0 saturated carbocycles. The van der Waals surface area contributed by atoms with E-state index in [4.69, 9.17) is 20.4 Å². The number of quaternary nitrogens is 4. The van der Waals surface area contributed by atoms with Gasteiger partial charge in [0.15, 0.2) is 0 Å². The van der Waals surface area contributed by atoms with Gasteiger partial charge in [-0.05, 0) is 0 Å². The van der Waals surface area contributed by atoms with Crippen molar-refractivity contribution in [3.8, 4) is 0 Å². The maximum Gasteiger partial charge on any atom is 0.101 e. The molecule has 0 amide bonds. The zero-order chi connectivity index (χ0) is 31.4. The first kappa shape index (κ1) is 46.8. The van der Waals surface area contributed by atoms with Gasteiger partial charge in [-0.1, -0.05) is 0 Å². The fourth-order valence-electron chi connectivity index (χ4n) is 1.32. The van der Waals surface area contributed by atoms with Gasteiger partial charge in [0.1, 0.15) is 26.2 Å². The molecule has 232 valence electrons. The van der Waals surface area contributed by atoms with E-state index in [1.54, 1.807) is 0 Å². The van der Waals surface area contributed by atoms with E-state index in [1.807, 2.05) is 0 Å². The van der Waals surface area contributed by atoms with Crippen molar-refractivity contribution in [1.29, 1.82) is 0 Å². The largest absolute Gasteiger partial charge is 0.790 e. The lowest BCUT2D eigenvalue weighted by molar-refractivity contribution is -0.870. The SMILES string of the molecule is C[N+](C)(C)CCO.C[N+](C)(C)CCO.C[N+](C)(C)CCO.C[N+](C)(C)CCO.O=P([O-])([O-])OP(=O)([O-])[O-]. The molecule has 0 saturated heterocycles. The number of phosphoric acid groups is 2. The Morgan fingerprint density at radius 3 is 0.595 bits per heavy atom. The molecule has 0 aromatic heterocycles. The van der Waals surface area contributed by atoms with Crippen LogP contribution in [0.2, 0.25) is 0 Å². The molecular formula is C20H56N4O11P2. The first-order valence-corrected chi connectivity index (χ1v) is 14.3. The van der Waals surface area contributed by atoms with Gasteiger partial charge in [0.2, 0.25) is 0 Å². The highest BCUT2D eigenvalue weighted by Gasteiger charge is 2.04. The second kappa shape index (κ2) is 21.7. The van der Waals surface area contributed by atoms with Crippen molar-refractivity contribution in [3.05, 3.63) is 0 Å². The Morgan fingerprint density at radius 2 is 0.595 bits per heavy atom. The minimum absolute atomic E-state index is 0.281. The van der Waals surface area contributed by atoms with Gasteiger partial charge in [-0.3, -0.25) is 0 Å². The molecule has 0 heterocycles. The fourth-order valence-corrected chi connectivity index (χ4v) is 2.30.